The first-order chi connectivity index (χ1) is 12.2. The van der Waals surface area contributed by atoms with Gasteiger partial charge in [-0.15, -0.1) is 0 Å². The summed E-state index contributed by atoms with van der Waals surface area (Å²) in [6, 6.07) is 5.32. The fourth-order valence-electron chi connectivity index (χ4n) is 3.39. The van der Waals surface area contributed by atoms with Gasteiger partial charge in [0.2, 0.25) is 6.79 Å². The van der Waals surface area contributed by atoms with Gasteiger partial charge in [0.15, 0.2) is 11.5 Å². The summed E-state index contributed by atoms with van der Waals surface area (Å²) in [6.07, 6.45) is 1.89. The predicted molar refractivity (Wildman–Crippen MR) is 89.7 cm³/mol. The number of rotatable bonds is 4. The predicted octanol–water partition coefficient (Wildman–Crippen LogP) is 1.92. The summed E-state index contributed by atoms with van der Waals surface area (Å²) in [6.45, 7) is 4.57. The van der Waals surface area contributed by atoms with Gasteiger partial charge < -0.3 is 19.1 Å². The van der Waals surface area contributed by atoms with Crippen molar-refractivity contribution < 1.29 is 19.0 Å². The van der Waals surface area contributed by atoms with Crippen LogP contribution in [0, 0.1) is 0 Å². The zero-order valence-corrected chi connectivity index (χ0v) is 14.4. The molecule has 2 aliphatic heterocycles. The van der Waals surface area contributed by atoms with Crippen molar-refractivity contribution in [2.24, 2.45) is 7.05 Å². The van der Waals surface area contributed by atoms with E-state index in [4.69, 9.17) is 14.2 Å². The molecule has 0 saturated carbocycles. The minimum absolute atomic E-state index is 0.0216. The molecule has 7 heteroatoms. The Morgan fingerprint density at radius 3 is 3.04 bits per heavy atom. The van der Waals surface area contributed by atoms with E-state index in [1.807, 2.05) is 29.7 Å². The van der Waals surface area contributed by atoms with Crippen molar-refractivity contribution in [3.05, 3.63) is 41.2 Å². The Labute approximate surface area is 146 Å². The molecule has 1 aromatic carbocycles. The lowest BCUT2D eigenvalue weighted by Gasteiger charge is -2.33. The molecular weight excluding hydrogens is 322 g/mol. The highest BCUT2D eigenvalue weighted by Gasteiger charge is 2.31. The molecule has 3 heterocycles. The number of fused-ring (bicyclic) bond motifs is 2. The van der Waals surface area contributed by atoms with Gasteiger partial charge in [-0.1, -0.05) is 0 Å². The minimum Gasteiger partial charge on any atom is -0.454 e. The van der Waals surface area contributed by atoms with E-state index in [2.05, 4.69) is 5.10 Å². The Morgan fingerprint density at radius 2 is 2.20 bits per heavy atom. The SMILES string of the molecule is CCOC[C@H]1CN(C(=O)c2ccc3c(c2)OCO3)Cc2c1cnn2C. The van der Waals surface area contributed by atoms with Crippen LogP contribution in [0.3, 0.4) is 0 Å². The molecule has 0 spiro atoms. The van der Waals surface area contributed by atoms with Crippen molar-refractivity contribution in [3.8, 4) is 11.5 Å². The number of benzene rings is 1. The first-order valence-electron chi connectivity index (χ1n) is 8.44. The van der Waals surface area contributed by atoms with Crippen LogP contribution < -0.4 is 9.47 Å². The Balaban J connectivity index is 1.60. The first kappa shape index (κ1) is 16.0. The Kier molecular flexibility index (Phi) is 4.09. The van der Waals surface area contributed by atoms with Gasteiger partial charge in [-0.2, -0.15) is 5.10 Å². The average molecular weight is 343 g/mol. The van der Waals surface area contributed by atoms with Crippen LogP contribution in [0.15, 0.2) is 24.4 Å². The lowest BCUT2D eigenvalue weighted by molar-refractivity contribution is 0.0648. The molecule has 1 amide bonds. The van der Waals surface area contributed by atoms with E-state index in [-0.39, 0.29) is 18.6 Å². The highest BCUT2D eigenvalue weighted by atomic mass is 16.7. The number of ether oxygens (including phenoxy) is 3. The first-order valence-corrected chi connectivity index (χ1v) is 8.44. The fraction of sp³-hybridized carbons (Fsp3) is 0.444. The van der Waals surface area contributed by atoms with E-state index in [0.717, 1.165) is 5.69 Å². The van der Waals surface area contributed by atoms with Gasteiger partial charge in [0, 0.05) is 37.2 Å². The van der Waals surface area contributed by atoms with E-state index >= 15 is 0 Å². The second kappa shape index (κ2) is 6.40. The molecule has 0 unspecified atom stereocenters. The van der Waals surface area contributed by atoms with Crippen LogP contribution in [0.2, 0.25) is 0 Å². The lowest BCUT2D eigenvalue weighted by Crippen LogP contribution is -2.40. The lowest BCUT2D eigenvalue weighted by atomic mass is 9.95. The number of amides is 1. The van der Waals surface area contributed by atoms with Gasteiger partial charge in [0.1, 0.15) is 0 Å². The maximum absolute atomic E-state index is 13.0. The number of aromatic nitrogens is 2. The molecule has 0 radical (unpaired) electrons. The smallest absolute Gasteiger partial charge is 0.254 e. The Hall–Kier alpha value is -2.54. The maximum atomic E-state index is 13.0. The summed E-state index contributed by atoms with van der Waals surface area (Å²) in [5.74, 6) is 1.41. The summed E-state index contributed by atoms with van der Waals surface area (Å²) in [4.78, 5) is 14.9. The third-order valence-electron chi connectivity index (χ3n) is 4.74. The Morgan fingerprint density at radius 1 is 1.36 bits per heavy atom. The summed E-state index contributed by atoms with van der Waals surface area (Å²) in [5.41, 5.74) is 2.83. The van der Waals surface area contributed by atoms with Crippen LogP contribution in [0.5, 0.6) is 11.5 Å². The average Bonchev–Trinajstić information content (AvgIpc) is 3.25. The summed E-state index contributed by atoms with van der Waals surface area (Å²) >= 11 is 0. The third-order valence-corrected chi connectivity index (χ3v) is 4.74. The normalized spacial score (nSPS) is 18.3. The Bertz CT molecular complexity index is 802. The van der Waals surface area contributed by atoms with Gasteiger partial charge in [-0.3, -0.25) is 9.48 Å². The van der Waals surface area contributed by atoms with Crippen LogP contribution in [0.4, 0.5) is 0 Å². The van der Waals surface area contributed by atoms with E-state index in [0.29, 0.717) is 43.4 Å². The molecule has 0 N–H and O–H groups in total. The molecule has 132 valence electrons. The van der Waals surface area contributed by atoms with Crippen molar-refractivity contribution in [3.63, 3.8) is 0 Å². The van der Waals surface area contributed by atoms with Gasteiger partial charge >= 0.3 is 0 Å². The quantitative estimate of drug-likeness (QED) is 0.849. The van der Waals surface area contributed by atoms with Crippen molar-refractivity contribution in [1.82, 2.24) is 14.7 Å². The van der Waals surface area contributed by atoms with Crippen molar-refractivity contribution >= 4 is 5.91 Å². The molecule has 25 heavy (non-hydrogen) atoms. The number of nitrogens with zero attached hydrogens (tertiary/aromatic N) is 3. The third kappa shape index (κ3) is 2.84. The summed E-state index contributed by atoms with van der Waals surface area (Å²) < 4.78 is 18.2. The molecule has 0 aliphatic carbocycles. The zero-order chi connectivity index (χ0) is 17.4. The van der Waals surface area contributed by atoms with Crippen molar-refractivity contribution in [1.29, 1.82) is 0 Å². The van der Waals surface area contributed by atoms with Crippen LogP contribution in [-0.2, 0) is 18.3 Å². The fourth-order valence-corrected chi connectivity index (χ4v) is 3.39. The molecule has 0 bridgehead atoms. The summed E-state index contributed by atoms with van der Waals surface area (Å²) in [7, 11) is 1.91. The highest BCUT2D eigenvalue weighted by molar-refractivity contribution is 5.95. The molecule has 2 aliphatic rings. The zero-order valence-electron chi connectivity index (χ0n) is 14.4. The molecule has 0 saturated heterocycles. The van der Waals surface area contributed by atoms with Crippen LogP contribution in [0.25, 0.3) is 0 Å². The van der Waals surface area contributed by atoms with Crippen LogP contribution in [-0.4, -0.2) is 47.1 Å². The molecular formula is C18H21N3O4. The largest absolute Gasteiger partial charge is 0.454 e. The monoisotopic (exact) mass is 343 g/mol. The number of carbonyl (C=O) groups is 1. The molecule has 2 aromatic rings. The van der Waals surface area contributed by atoms with E-state index in [9.17, 15) is 4.79 Å². The van der Waals surface area contributed by atoms with Gasteiger partial charge in [-0.05, 0) is 25.1 Å². The highest BCUT2D eigenvalue weighted by Crippen LogP contribution is 2.34. The molecule has 7 nitrogen and oxygen atoms in total. The van der Waals surface area contributed by atoms with E-state index < -0.39 is 0 Å². The summed E-state index contributed by atoms with van der Waals surface area (Å²) in [5, 5.41) is 4.36. The number of aryl methyl sites for hydroxylation is 1. The second-order valence-electron chi connectivity index (χ2n) is 6.28. The molecule has 1 atom stereocenters. The number of hydrogen-bond donors (Lipinski definition) is 0. The maximum Gasteiger partial charge on any atom is 0.254 e. The molecule has 4 rings (SSSR count). The van der Waals surface area contributed by atoms with Gasteiger partial charge in [0.25, 0.3) is 5.91 Å². The standard InChI is InChI=1S/C18H21N3O4/c1-3-23-10-13-8-21(9-15-14(13)7-19-20(15)2)18(22)12-4-5-16-17(6-12)25-11-24-16/h4-7,13H,3,8-11H2,1-2H3/t13-/m1/s1. The van der Waals surface area contributed by atoms with Crippen LogP contribution >= 0.6 is 0 Å². The molecule has 1 aromatic heterocycles. The van der Waals surface area contributed by atoms with E-state index in [1.54, 1.807) is 18.2 Å². The molecule has 0 fully saturated rings. The topological polar surface area (TPSA) is 65.8 Å². The van der Waals surface area contributed by atoms with Gasteiger partial charge in [-0.25, -0.2) is 0 Å². The van der Waals surface area contributed by atoms with Gasteiger partial charge in [0.05, 0.1) is 25.0 Å². The minimum atomic E-state index is -0.0216. The van der Waals surface area contributed by atoms with Crippen LogP contribution in [0.1, 0.15) is 34.5 Å². The second-order valence-corrected chi connectivity index (χ2v) is 6.28. The van der Waals surface area contributed by atoms with Crippen molar-refractivity contribution in [2.45, 2.75) is 19.4 Å². The van der Waals surface area contributed by atoms with Crippen molar-refractivity contribution in [2.75, 3.05) is 26.6 Å². The number of hydrogen-bond acceptors (Lipinski definition) is 5. The van der Waals surface area contributed by atoms with E-state index in [1.165, 1.54) is 5.56 Å². The number of carbonyl (C=O) groups excluding carboxylic acids is 1.